The van der Waals surface area contributed by atoms with Gasteiger partial charge in [-0.05, 0) is 12.8 Å². The van der Waals surface area contributed by atoms with Gasteiger partial charge in [0.15, 0.2) is 0 Å². The first-order valence-corrected chi connectivity index (χ1v) is 9.05. The fourth-order valence-electron chi connectivity index (χ4n) is 2.59. The summed E-state index contributed by atoms with van der Waals surface area (Å²) in [7, 11) is 0. The Kier molecular flexibility index (Phi) is 5.88. The SMILES string of the molecule is NN(C(=O)CBr)C(=O)CCCC[C@@H]1SC[C@@H]2NC(=O)N[C@@H]21. The van der Waals surface area contributed by atoms with Crippen LogP contribution in [-0.4, -0.2) is 51.3 Å². The molecule has 21 heavy (non-hydrogen) atoms. The maximum Gasteiger partial charge on any atom is 0.315 e. The summed E-state index contributed by atoms with van der Waals surface area (Å²) < 4.78 is 0. The van der Waals surface area contributed by atoms with Crippen LogP contribution >= 0.6 is 27.7 Å². The van der Waals surface area contributed by atoms with Crippen molar-refractivity contribution in [3.8, 4) is 0 Å². The fourth-order valence-corrected chi connectivity index (χ4v) is 4.40. The molecule has 0 aromatic rings. The lowest BCUT2D eigenvalue weighted by Crippen LogP contribution is -2.43. The van der Waals surface area contributed by atoms with Crippen LogP contribution in [0.15, 0.2) is 0 Å². The molecule has 2 aliphatic heterocycles. The van der Waals surface area contributed by atoms with Crippen LogP contribution in [0.5, 0.6) is 0 Å². The Labute approximate surface area is 135 Å². The first kappa shape index (κ1) is 16.6. The lowest BCUT2D eigenvalue weighted by Gasteiger charge is -2.17. The zero-order valence-corrected chi connectivity index (χ0v) is 13.9. The van der Waals surface area contributed by atoms with Gasteiger partial charge in [-0.25, -0.2) is 15.6 Å². The molecule has 0 radical (unpaired) electrons. The Morgan fingerprint density at radius 2 is 2.10 bits per heavy atom. The number of thioether (sulfide) groups is 1. The van der Waals surface area contributed by atoms with Gasteiger partial charge in [-0.3, -0.25) is 9.59 Å². The van der Waals surface area contributed by atoms with Crippen LogP contribution in [0.3, 0.4) is 0 Å². The maximum absolute atomic E-state index is 11.7. The van der Waals surface area contributed by atoms with E-state index in [1.807, 2.05) is 11.8 Å². The highest BCUT2D eigenvalue weighted by Gasteiger charge is 2.42. The third kappa shape index (κ3) is 4.10. The second-order valence-corrected chi connectivity index (χ2v) is 6.99. The van der Waals surface area contributed by atoms with Gasteiger partial charge < -0.3 is 10.6 Å². The number of hydrogen-bond acceptors (Lipinski definition) is 5. The van der Waals surface area contributed by atoms with E-state index in [2.05, 4.69) is 26.6 Å². The van der Waals surface area contributed by atoms with Gasteiger partial charge >= 0.3 is 6.03 Å². The van der Waals surface area contributed by atoms with Crippen LogP contribution in [0.25, 0.3) is 0 Å². The number of alkyl halides is 1. The first-order valence-electron chi connectivity index (χ1n) is 6.88. The second-order valence-electron chi connectivity index (χ2n) is 5.16. The van der Waals surface area contributed by atoms with Crippen molar-refractivity contribution in [1.29, 1.82) is 0 Å². The molecule has 3 atom stereocenters. The highest BCUT2D eigenvalue weighted by atomic mass is 79.9. The van der Waals surface area contributed by atoms with Gasteiger partial charge in [0.25, 0.3) is 5.91 Å². The van der Waals surface area contributed by atoms with E-state index in [1.165, 1.54) is 0 Å². The molecule has 0 aromatic heterocycles. The summed E-state index contributed by atoms with van der Waals surface area (Å²) in [6, 6.07) is 0.335. The number of unbranched alkanes of at least 4 members (excludes halogenated alkanes) is 1. The minimum Gasteiger partial charge on any atom is -0.332 e. The van der Waals surface area contributed by atoms with E-state index in [0.717, 1.165) is 18.6 Å². The van der Waals surface area contributed by atoms with Crippen LogP contribution in [0.4, 0.5) is 4.79 Å². The van der Waals surface area contributed by atoms with Crippen LogP contribution in [0.2, 0.25) is 0 Å². The number of urea groups is 1. The highest BCUT2D eigenvalue weighted by Crippen LogP contribution is 2.33. The smallest absolute Gasteiger partial charge is 0.315 e. The Morgan fingerprint density at radius 1 is 1.33 bits per heavy atom. The molecule has 2 aliphatic rings. The zero-order valence-electron chi connectivity index (χ0n) is 11.5. The highest BCUT2D eigenvalue weighted by molar-refractivity contribution is 9.09. The van der Waals surface area contributed by atoms with E-state index >= 15 is 0 Å². The molecule has 9 heteroatoms. The summed E-state index contributed by atoms with van der Waals surface area (Å²) in [5.41, 5.74) is 0. The van der Waals surface area contributed by atoms with E-state index in [-0.39, 0.29) is 35.8 Å². The quantitative estimate of drug-likeness (QED) is 0.154. The first-order chi connectivity index (χ1) is 10.0. The summed E-state index contributed by atoms with van der Waals surface area (Å²) in [6.07, 6.45) is 2.78. The van der Waals surface area contributed by atoms with E-state index < -0.39 is 5.91 Å². The van der Waals surface area contributed by atoms with E-state index in [4.69, 9.17) is 5.84 Å². The molecule has 118 valence electrons. The van der Waals surface area contributed by atoms with Gasteiger partial charge in [-0.2, -0.15) is 11.8 Å². The minimum absolute atomic E-state index is 0.0454. The van der Waals surface area contributed by atoms with E-state index in [0.29, 0.717) is 16.7 Å². The van der Waals surface area contributed by atoms with Gasteiger partial charge in [0, 0.05) is 17.4 Å². The van der Waals surface area contributed by atoms with E-state index in [9.17, 15) is 14.4 Å². The molecule has 4 N–H and O–H groups in total. The fraction of sp³-hybridized carbons (Fsp3) is 0.750. The standard InChI is InChI=1S/C12H19BrN4O3S/c13-5-10(19)17(14)9(18)4-2-1-3-8-11-7(6-21-8)15-12(20)16-11/h7-8,11H,1-6,14H2,(H2,15,16,20)/t7-,8-,11-/m0/s1. The lowest BCUT2D eigenvalue weighted by atomic mass is 10.0. The number of nitrogens with two attached hydrogens (primary N) is 1. The lowest BCUT2D eigenvalue weighted by molar-refractivity contribution is -0.143. The van der Waals surface area contributed by atoms with Crippen LogP contribution in [0.1, 0.15) is 25.7 Å². The molecular weight excluding hydrogens is 360 g/mol. The topological polar surface area (TPSA) is 105 Å². The van der Waals surface area contributed by atoms with Crippen molar-refractivity contribution >= 4 is 45.5 Å². The average Bonchev–Trinajstić information content (AvgIpc) is 3.01. The molecule has 2 rings (SSSR count). The van der Waals surface area contributed by atoms with Crippen molar-refractivity contribution in [2.24, 2.45) is 5.84 Å². The maximum atomic E-state index is 11.7. The number of amides is 4. The number of hydrogen-bond donors (Lipinski definition) is 3. The monoisotopic (exact) mass is 378 g/mol. The number of hydrazine groups is 1. The molecule has 7 nitrogen and oxygen atoms in total. The van der Waals surface area contributed by atoms with Crippen molar-refractivity contribution in [3.63, 3.8) is 0 Å². The van der Waals surface area contributed by atoms with Crippen LogP contribution < -0.4 is 16.5 Å². The molecular formula is C12H19BrN4O3S. The molecule has 2 heterocycles. The average molecular weight is 379 g/mol. The number of fused-ring (bicyclic) bond motifs is 1. The molecule has 0 aliphatic carbocycles. The van der Waals surface area contributed by atoms with Gasteiger partial charge in [-0.1, -0.05) is 22.4 Å². The summed E-state index contributed by atoms with van der Waals surface area (Å²) in [5.74, 6) is 5.55. The number of carbonyl (C=O) groups excluding carboxylic acids is 3. The van der Waals surface area contributed by atoms with Gasteiger partial charge in [0.2, 0.25) is 5.91 Å². The molecule has 0 saturated carbocycles. The van der Waals surface area contributed by atoms with Gasteiger partial charge in [0.05, 0.1) is 17.4 Å². The van der Waals surface area contributed by atoms with Crippen molar-refractivity contribution in [3.05, 3.63) is 0 Å². The molecule has 4 amide bonds. The van der Waals surface area contributed by atoms with Crippen molar-refractivity contribution < 1.29 is 14.4 Å². The number of rotatable bonds is 6. The third-order valence-electron chi connectivity index (χ3n) is 3.72. The number of halogens is 1. The third-order valence-corrected chi connectivity index (χ3v) is 5.71. The van der Waals surface area contributed by atoms with Crippen LogP contribution in [-0.2, 0) is 9.59 Å². The number of carbonyl (C=O) groups is 3. The molecule has 0 aromatic carbocycles. The molecule has 2 fully saturated rings. The summed E-state index contributed by atoms with van der Waals surface area (Å²) in [5, 5.41) is 6.95. The predicted molar refractivity (Wildman–Crippen MR) is 83.8 cm³/mol. The molecule has 0 bridgehead atoms. The predicted octanol–water partition coefficient (Wildman–Crippen LogP) is 0.336. The normalized spacial score (nSPS) is 27.0. The number of nitrogens with one attached hydrogen (secondary N) is 2. The Bertz CT molecular complexity index is 437. The minimum atomic E-state index is -0.436. The molecule has 0 unspecified atom stereocenters. The summed E-state index contributed by atoms with van der Waals surface area (Å²) >= 11 is 4.83. The Balaban J connectivity index is 1.65. The summed E-state index contributed by atoms with van der Waals surface area (Å²) in [4.78, 5) is 34.1. The van der Waals surface area contributed by atoms with Crippen molar-refractivity contribution in [1.82, 2.24) is 15.6 Å². The zero-order chi connectivity index (χ0) is 15.4. The number of nitrogens with zero attached hydrogens (tertiary/aromatic N) is 1. The summed E-state index contributed by atoms with van der Waals surface area (Å²) in [6.45, 7) is 0. The molecule has 2 saturated heterocycles. The van der Waals surface area contributed by atoms with Gasteiger partial charge in [0.1, 0.15) is 0 Å². The number of imide groups is 1. The van der Waals surface area contributed by atoms with Crippen LogP contribution in [0, 0.1) is 0 Å². The van der Waals surface area contributed by atoms with Crippen molar-refractivity contribution in [2.75, 3.05) is 11.1 Å². The second kappa shape index (κ2) is 7.46. The van der Waals surface area contributed by atoms with Crippen molar-refractivity contribution in [2.45, 2.75) is 43.0 Å². The van der Waals surface area contributed by atoms with Gasteiger partial charge in [-0.15, -0.1) is 0 Å². The Morgan fingerprint density at radius 3 is 2.81 bits per heavy atom. The van der Waals surface area contributed by atoms with E-state index in [1.54, 1.807) is 0 Å². The molecule has 0 spiro atoms. The Hall–Kier alpha value is -0.800. The largest absolute Gasteiger partial charge is 0.332 e.